The number of rotatable bonds is 38. The second-order valence-corrected chi connectivity index (χ2v) is 17.8. The predicted molar refractivity (Wildman–Crippen MR) is 265 cm³/mol. The molecule has 0 aromatic carbocycles. The first-order valence-corrected chi connectivity index (χ1v) is 25.8. The van der Waals surface area contributed by atoms with E-state index >= 15 is 0 Å². The van der Waals surface area contributed by atoms with Crippen molar-refractivity contribution in [2.24, 2.45) is 0 Å². The Morgan fingerprint density at radius 2 is 0.928 bits per heavy atom. The molecule has 2 saturated heterocycles. The Kier molecular flexibility index (Phi) is 36.1. The summed E-state index contributed by atoms with van der Waals surface area (Å²) in [7, 11) is 0. The monoisotopic (exact) mass is 977 g/mol. The molecule has 5 unspecified atom stereocenters. The Hall–Kier alpha value is -3.32. The largest absolute Gasteiger partial charge is 0.462 e. The second kappa shape index (κ2) is 40.3. The molecule has 0 aromatic rings. The van der Waals surface area contributed by atoms with Gasteiger partial charge in [0.15, 0.2) is 18.7 Å². The highest BCUT2D eigenvalue weighted by Crippen LogP contribution is 2.26. The standard InChI is InChI=1S/C54H88O15/c1-3-5-7-9-11-13-15-17-18-19-20-21-22-23-25-26-28-30-32-34-36-45(56)64-39-42(67-46(57)37-35-33-31-29-27-24-16-14-12-10-8-6-4-2)40-65-53-52(63)50(61)48(59)44(69-53)41-66-54-51(62)49(60)47(58)43(38-55)68-54/h6,8,10,12-18,24,27,29,31,42-44,47-55,58-63H,3-5,7,9,11,19-23,25-26,28,30,32-41H2,1-2H3/b8-6+,12-10+,15-13+,16-14+,18-17+,27-24+,31-29+/t42?,43-,44-,47+,48+,49?,50?,51?,52?,53-,54-/m1/s1. The maximum atomic E-state index is 12.9. The number of esters is 2. The van der Waals surface area contributed by atoms with Gasteiger partial charge in [0.1, 0.15) is 55.4 Å². The summed E-state index contributed by atoms with van der Waals surface area (Å²) in [5, 5.41) is 72.0. The molecule has 0 spiro atoms. The van der Waals surface area contributed by atoms with Gasteiger partial charge in [0.2, 0.25) is 0 Å². The lowest BCUT2D eigenvalue weighted by molar-refractivity contribution is -0.332. The summed E-state index contributed by atoms with van der Waals surface area (Å²) in [4.78, 5) is 25.7. The van der Waals surface area contributed by atoms with Crippen molar-refractivity contribution in [3.8, 4) is 0 Å². The molecule has 0 radical (unpaired) electrons. The van der Waals surface area contributed by atoms with Crippen molar-refractivity contribution in [2.45, 2.75) is 216 Å². The Balaban J connectivity index is 1.81. The maximum absolute atomic E-state index is 12.9. The minimum Gasteiger partial charge on any atom is -0.462 e. The molecule has 2 aliphatic heterocycles. The summed E-state index contributed by atoms with van der Waals surface area (Å²) in [5.41, 5.74) is 0. The maximum Gasteiger partial charge on any atom is 0.306 e. The second-order valence-electron chi connectivity index (χ2n) is 17.8. The minimum atomic E-state index is -1.78. The van der Waals surface area contributed by atoms with Gasteiger partial charge < -0.3 is 64.2 Å². The van der Waals surface area contributed by atoms with E-state index in [1.165, 1.54) is 70.6 Å². The van der Waals surface area contributed by atoms with Crippen molar-refractivity contribution in [2.75, 3.05) is 26.4 Å². The number of carbonyl (C=O) groups is 2. The zero-order chi connectivity index (χ0) is 50.3. The van der Waals surface area contributed by atoms with E-state index in [1.54, 1.807) is 0 Å². The van der Waals surface area contributed by atoms with Gasteiger partial charge in [0.25, 0.3) is 0 Å². The molecule has 2 aliphatic rings. The quantitative estimate of drug-likeness (QED) is 0.0184. The number of aliphatic hydroxyl groups excluding tert-OH is 7. The Morgan fingerprint density at radius 3 is 1.49 bits per heavy atom. The molecule has 69 heavy (non-hydrogen) atoms. The zero-order valence-electron chi connectivity index (χ0n) is 41.5. The van der Waals surface area contributed by atoms with Crippen molar-refractivity contribution in [1.29, 1.82) is 0 Å². The van der Waals surface area contributed by atoms with Crippen molar-refractivity contribution >= 4 is 11.9 Å². The molecule has 0 aliphatic carbocycles. The summed E-state index contributed by atoms with van der Waals surface area (Å²) in [6.07, 6.45) is 32.0. The van der Waals surface area contributed by atoms with Crippen LogP contribution in [0.1, 0.15) is 149 Å². The number of unbranched alkanes of at least 4 members (excludes halogenated alkanes) is 15. The molecule has 2 heterocycles. The third-order valence-corrected chi connectivity index (χ3v) is 11.8. The molecule has 2 fully saturated rings. The van der Waals surface area contributed by atoms with Crippen LogP contribution in [0.5, 0.6) is 0 Å². The molecule has 2 rings (SSSR count). The van der Waals surface area contributed by atoms with Crippen LogP contribution in [0.4, 0.5) is 0 Å². The highest BCUT2D eigenvalue weighted by molar-refractivity contribution is 5.70. The highest BCUT2D eigenvalue weighted by Gasteiger charge is 2.47. The average molecular weight is 977 g/mol. The first-order chi connectivity index (χ1) is 33.5. The molecule has 0 saturated carbocycles. The van der Waals surface area contributed by atoms with Crippen LogP contribution in [0.2, 0.25) is 0 Å². The van der Waals surface area contributed by atoms with Gasteiger partial charge in [-0.3, -0.25) is 9.59 Å². The first-order valence-electron chi connectivity index (χ1n) is 25.8. The Labute approximate surface area is 412 Å². The first kappa shape index (κ1) is 61.8. The number of hydrogen-bond acceptors (Lipinski definition) is 15. The van der Waals surface area contributed by atoms with Gasteiger partial charge in [-0.05, 0) is 51.4 Å². The van der Waals surface area contributed by atoms with Crippen LogP contribution in [0, 0.1) is 0 Å². The molecule has 0 aromatic heterocycles. The van der Waals surface area contributed by atoms with Gasteiger partial charge in [-0.25, -0.2) is 0 Å². The molecule has 7 N–H and O–H groups in total. The summed E-state index contributed by atoms with van der Waals surface area (Å²) >= 11 is 0. The van der Waals surface area contributed by atoms with E-state index in [0.717, 1.165) is 32.1 Å². The van der Waals surface area contributed by atoms with Crippen LogP contribution in [0.25, 0.3) is 0 Å². The van der Waals surface area contributed by atoms with E-state index in [-0.39, 0.29) is 19.4 Å². The van der Waals surface area contributed by atoms with Crippen LogP contribution in [0.3, 0.4) is 0 Å². The zero-order valence-corrected chi connectivity index (χ0v) is 41.5. The highest BCUT2D eigenvalue weighted by atomic mass is 16.7. The third kappa shape index (κ3) is 28.3. The van der Waals surface area contributed by atoms with Gasteiger partial charge in [-0.1, -0.05) is 170 Å². The number of ether oxygens (including phenoxy) is 6. The van der Waals surface area contributed by atoms with Crippen molar-refractivity contribution in [3.63, 3.8) is 0 Å². The fourth-order valence-corrected chi connectivity index (χ4v) is 7.53. The van der Waals surface area contributed by atoms with Gasteiger partial charge in [0.05, 0.1) is 19.8 Å². The van der Waals surface area contributed by atoms with E-state index in [2.05, 4.69) is 44.2 Å². The molecule has 11 atom stereocenters. The molecule has 0 amide bonds. The lowest BCUT2D eigenvalue weighted by atomic mass is 9.98. The normalized spacial score (nSPS) is 26.3. The van der Waals surface area contributed by atoms with Crippen molar-refractivity contribution in [3.05, 3.63) is 85.1 Å². The SMILES string of the molecule is CC/C=C/C=C/C=C/C=C/C=C/CCCC(=O)OC(COC(=O)CCCCCCCCCCCC/C=C/C=C/CCCCCC)CO[C@@H]1O[C@H](CO[C@@H]2O[C@H](CO)[C@H](O)C(O)C2O)[C@H](O)C(O)C1O. The Bertz CT molecular complexity index is 1520. The van der Waals surface area contributed by atoms with Crippen LogP contribution >= 0.6 is 0 Å². The Morgan fingerprint density at radius 1 is 0.478 bits per heavy atom. The van der Waals surface area contributed by atoms with E-state index < -0.39 is 99.3 Å². The molecular formula is C54H88O15. The van der Waals surface area contributed by atoms with Crippen LogP contribution < -0.4 is 0 Å². The lowest BCUT2D eigenvalue weighted by Gasteiger charge is -2.42. The number of aliphatic hydroxyl groups is 7. The number of allylic oxidation sites excluding steroid dienone is 14. The van der Waals surface area contributed by atoms with Gasteiger partial charge in [0, 0.05) is 12.8 Å². The van der Waals surface area contributed by atoms with Crippen LogP contribution in [0.15, 0.2) is 85.1 Å². The fourth-order valence-electron chi connectivity index (χ4n) is 7.53. The molecule has 15 nitrogen and oxygen atoms in total. The number of hydrogen-bond donors (Lipinski definition) is 7. The van der Waals surface area contributed by atoms with Crippen molar-refractivity contribution < 1.29 is 73.8 Å². The van der Waals surface area contributed by atoms with E-state index in [9.17, 15) is 45.3 Å². The van der Waals surface area contributed by atoms with Crippen LogP contribution in [-0.4, -0.2) is 142 Å². The summed E-state index contributed by atoms with van der Waals surface area (Å²) in [5.74, 6) is -1.02. The summed E-state index contributed by atoms with van der Waals surface area (Å²) in [6, 6.07) is 0. The minimum absolute atomic E-state index is 0.0638. The molecule has 394 valence electrons. The van der Waals surface area contributed by atoms with E-state index in [1.807, 2.05) is 54.7 Å². The molecular weight excluding hydrogens is 889 g/mol. The third-order valence-electron chi connectivity index (χ3n) is 11.8. The van der Waals surface area contributed by atoms with Gasteiger partial charge >= 0.3 is 11.9 Å². The predicted octanol–water partition coefficient (Wildman–Crippen LogP) is 7.21. The smallest absolute Gasteiger partial charge is 0.306 e. The summed E-state index contributed by atoms with van der Waals surface area (Å²) < 4.78 is 33.5. The topological polar surface area (TPSA) is 231 Å². The van der Waals surface area contributed by atoms with Crippen molar-refractivity contribution in [1.82, 2.24) is 0 Å². The van der Waals surface area contributed by atoms with E-state index in [0.29, 0.717) is 19.3 Å². The average Bonchev–Trinajstić information content (AvgIpc) is 3.34. The lowest BCUT2D eigenvalue weighted by Crippen LogP contribution is -2.61. The summed E-state index contributed by atoms with van der Waals surface area (Å²) in [6.45, 7) is 2.32. The molecule has 15 heteroatoms. The molecule has 0 bridgehead atoms. The fraction of sp³-hybridized carbons (Fsp3) is 0.704. The van der Waals surface area contributed by atoms with E-state index in [4.69, 9.17) is 28.4 Å². The van der Waals surface area contributed by atoms with Gasteiger partial charge in [-0.15, -0.1) is 0 Å². The van der Waals surface area contributed by atoms with Crippen LogP contribution in [-0.2, 0) is 38.0 Å². The number of carbonyl (C=O) groups excluding carboxylic acids is 2. The van der Waals surface area contributed by atoms with Gasteiger partial charge in [-0.2, -0.15) is 0 Å².